The minimum absolute atomic E-state index is 0.0111. The van der Waals surface area contributed by atoms with Gasteiger partial charge in [-0.2, -0.15) is 26.3 Å². The van der Waals surface area contributed by atoms with Crippen molar-refractivity contribution < 1.29 is 39.9 Å². The summed E-state index contributed by atoms with van der Waals surface area (Å²) in [7, 11) is 1.64. The highest BCUT2D eigenvalue weighted by atomic mass is 19.4. The summed E-state index contributed by atoms with van der Waals surface area (Å²) in [5.74, 6) is -0.750. The first-order valence-electron chi connectivity index (χ1n) is 14.4. The van der Waals surface area contributed by atoms with E-state index in [2.05, 4.69) is 0 Å². The number of halogens is 8. The van der Waals surface area contributed by atoms with Crippen LogP contribution in [0.3, 0.4) is 0 Å². The van der Waals surface area contributed by atoms with Gasteiger partial charge in [-0.3, -0.25) is 4.79 Å². The van der Waals surface area contributed by atoms with Crippen molar-refractivity contribution in [1.82, 2.24) is 9.80 Å². The SMILES string of the molecule is CN(Cc1cc(C(F)(F)F)cc(C(F)(F)F)c1)CC1CCN(C(=O)CCCCC(c2ccc(F)cc2)c2ccc(F)cc2)C1. The minimum Gasteiger partial charge on any atom is -0.342 e. The predicted molar refractivity (Wildman–Crippen MR) is 151 cm³/mol. The van der Waals surface area contributed by atoms with Gasteiger partial charge < -0.3 is 9.80 Å². The van der Waals surface area contributed by atoms with Crippen LogP contribution >= 0.6 is 0 Å². The smallest absolute Gasteiger partial charge is 0.342 e. The molecule has 44 heavy (non-hydrogen) atoms. The number of hydrogen-bond acceptors (Lipinski definition) is 2. The number of carbonyl (C=O) groups excluding carboxylic acids is 1. The van der Waals surface area contributed by atoms with Crippen LogP contribution in [0.2, 0.25) is 0 Å². The highest BCUT2D eigenvalue weighted by Crippen LogP contribution is 2.37. The second-order valence-corrected chi connectivity index (χ2v) is 11.5. The highest BCUT2D eigenvalue weighted by molar-refractivity contribution is 5.76. The number of likely N-dealkylation sites (tertiary alicyclic amines) is 1. The van der Waals surface area contributed by atoms with Gasteiger partial charge in [0.05, 0.1) is 11.1 Å². The average Bonchev–Trinajstić information content (AvgIpc) is 3.41. The fourth-order valence-corrected chi connectivity index (χ4v) is 5.83. The van der Waals surface area contributed by atoms with Crippen LogP contribution in [0.4, 0.5) is 35.1 Å². The standard InChI is InChI=1S/C33H34F8N2O/c1-42(20-23-16-26(32(36,37)38)18-27(17-23)33(39,40)41)19-22-14-15-43(21-22)31(44)5-3-2-4-30(24-6-10-28(34)11-7-24)25-8-12-29(35)13-9-25/h6-13,16-18,22,30H,2-5,14-15,19-21H2,1H3. The number of unbranched alkanes of at least 4 members (excludes halogenated alkanes) is 1. The first kappa shape index (κ1) is 33.4. The van der Waals surface area contributed by atoms with Crippen LogP contribution in [0.5, 0.6) is 0 Å². The van der Waals surface area contributed by atoms with Crippen molar-refractivity contribution in [3.63, 3.8) is 0 Å². The van der Waals surface area contributed by atoms with Gasteiger partial charge in [-0.1, -0.05) is 30.7 Å². The molecule has 1 heterocycles. The zero-order chi connectivity index (χ0) is 32.1. The largest absolute Gasteiger partial charge is 0.416 e. The number of rotatable bonds is 11. The Morgan fingerprint density at radius 1 is 0.841 bits per heavy atom. The Kier molecular flexibility index (Phi) is 10.7. The predicted octanol–water partition coefficient (Wildman–Crippen LogP) is 8.68. The first-order valence-corrected chi connectivity index (χ1v) is 14.4. The van der Waals surface area contributed by atoms with Crippen molar-refractivity contribution in [2.75, 3.05) is 26.7 Å². The third-order valence-electron chi connectivity index (χ3n) is 7.99. The molecule has 0 radical (unpaired) electrons. The molecule has 1 aliphatic rings. The van der Waals surface area contributed by atoms with Crippen molar-refractivity contribution in [1.29, 1.82) is 0 Å². The Bertz CT molecular complexity index is 1310. The van der Waals surface area contributed by atoms with Gasteiger partial charge in [0.15, 0.2) is 0 Å². The van der Waals surface area contributed by atoms with Gasteiger partial charge in [-0.15, -0.1) is 0 Å². The summed E-state index contributed by atoms with van der Waals surface area (Å²) in [6, 6.07) is 14.0. The van der Waals surface area contributed by atoms with Crippen LogP contribution in [-0.2, 0) is 23.7 Å². The van der Waals surface area contributed by atoms with E-state index in [1.54, 1.807) is 41.1 Å². The zero-order valence-electron chi connectivity index (χ0n) is 24.2. The van der Waals surface area contributed by atoms with Gasteiger partial charge >= 0.3 is 12.4 Å². The summed E-state index contributed by atoms with van der Waals surface area (Å²) in [5, 5.41) is 0. The van der Waals surface area contributed by atoms with Crippen LogP contribution in [0.25, 0.3) is 0 Å². The minimum atomic E-state index is -4.90. The number of benzene rings is 3. The van der Waals surface area contributed by atoms with Crippen LogP contribution in [0.15, 0.2) is 66.7 Å². The van der Waals surface area contributed by atoms with E-state index in [0.717, 1.165) is 23.3 Å². The number of carbonyl (C=O) groups is 1. The maximum atomic E-state index is 13.5. The van der Waals surface area contributed by atoms with Crippen LogP contribution in [0, 0.1) is 17.6 Å². The molecule has 1 saturated heterocycles. The third-order valence-corrected chi connectivity index (χ3v) is 7.99. The molecule has 1 amide bonds. The van der Waals surface area contributed by atoms with Gasteiger partial charge in [0, 0.05) is 38.5 Å². The van der Waals surface area contributed by atoms with Gasteiger partial charge in [-0.25, -0.2) is 8.78 Å². The van der Waals surface area contributed by atoms with E-state index in [1.165, 1.54) is 24.3 Å². The van der Waals surface area contributed by atoms with E-state index in [4.69, 9.17) is 0 Å². The number of amides is 1. The maximum absolute atomic E-state index is 13.5. The molecule has 0 N–H and O–H groups in total. The second-order valence-electron chi connectivity index (χ2n) is 11.5. The summed E-state index contributed by atoms with van der Waals surface area (Å²) in [6.07, 6.45) is -6.77. The second kappa shape index (κ2) is 14.1. The van der Waals surface area contributed by atoms with Gasteiger partial charge in [-0.05, 0) is 91.4 Å². The Hall–Kier alpha value is -3.47. The van der Waals surface area contributed by atoms with E-state index < -0.39 is 23.5 Å². The normalized spacial score (nSPS) is 15.9. The topological polar surface area (TPSA) is 23.6 Å². The van der Waals surface area contributed by atoms with E-state index in [9.17, 15) is 39.9 Å². The van der Waals surface area contributed by atoms with Gasteiger partial charge in [0.25, 0.3) is 0 Å². The van der Waals surface area contributed by atoms with Crippen molar-refractivity contribution in [3.8, 4) is 0 Å². The van der Waals surface area contributed by atoms with Crippen LogP contribution in [-0.4, -0.2) is 42.4 Å². The zero-order valence-corrected chi connectivity index (χ0v) is 24.2. The number of hydrogen-bond donors (Lipinski definition) is 0. The lowest BCUT2D eigenvalue weighted by molar-refractivity contribution is -0.143. The Balaban J connectivity index is 1.27. The maximum Gasteiger partial charge on any atom is 0.416 e. The molecule has 3 aromatic rings. The van der Waals surface area contributed by atoms with Crippen molar-refractivity contribution >= 4 is 5.91 Å². The summed E-state index contributed by atoms with van der Waals surface area (Å²) >= 11 is 0. The molecule has 0 aromatic heterocycles. The molecule has 0 aliphatic carbocycles. The molecule has 1 unspecified atom stereocenters. The molecule has 11 heteroatoms. The molecule has 0 saturated carbocycles. The van der Waals surface area contributed by atoms with Crippen molar-refractivity contribution in [2.45, 2.75) is 56.9 Å². The van der Waals surface area contributed by atoms with Crippen LogP contribution < -0.4 is 0 Å². The van der Waals surface area contributed by atoms with E-state index in [-0.39, 0.29) is 47.6 Å². The van der Waals surface area contributed by atoms with E-state index in [0.29, 0.717) is 51.7 Å². The molecule has 1 atom stereocenters. The van der Waals surface area contributed by atoms with E-state index >= 15 is 0 Å². The average molecular weight is 627 g/mol. The quantitative estimate of drug-likeness (QED) is 0.157. The Morgan fingerprint density at radius 3 is 1.86 bits per heavy atom. The molecule has 1 aliphatic heterocycles. The summed E-state index contributed by atoms with van der Waals surface area (Å²) in [5.41, 5.74) is -0.962. The lowest BCUT2D eigenvalue weighted by Crippen LogP contribution is -2.31. The Labute approximate surface area is 251 Å². The van der Waals surface area contributed by atoms with Gasteiger partial charge in [0.2, 0.25) is 5.91 Å². The molecule has 0 spiro atoms. The van der Waals surface area contributed by atoms with Crippen molar-refractivity contribution in [3.05, 3.63) is 106 Å². The summed E-state index contributed by atoms with van der Waals surface area (Å²) in [6.45, 7) is 1.32. The Morgan fingerprint density at radius 2 is 1.36 bits per heavy atom. The third kappa shape index (κ3) is 9.27. The molecule has 0 bridgehead atoms. The molecule has 4 rings (SSSR count). The summed E-state index contributed by atoms with van der Waals surface area (Å²) in [4.78, 5) is 16.3. The lowest BCUT2D eigenvalue weighted by Gasteiger charge is -2.23. The fraction of sp³-hybridized carbons (Fsp3) is 0.424. The molecular weight excluding hydrogens is 592 g/mol. The first-order chi connectivity index (χ1) is 20.7. The van der Waals surface area contributed by atoms with Gasteiger partial charge in [0.1, 0.15) is 11.6 Å². The summed E-state index contributed by atoms with van der Waals surface area (Å²) < 4.78 is 106. The van der Waals surface area contributed by atoms with E-state index in [1.807, 2.05) is 0 Å². The number of alkyl halides is 6. The molecule has 1 fully saturated rings. The lowest BCUT2D eigenvalue weighted by atomic mass is 9.87. The molecule has 238 valence electrons. The molecular formula is C33H34F8N2O. The highest BCUT2D eigenvalue weighted by Gasteiger charge is 2.37. The molecule has 3 nitrogen and oxygen atoms in total. The fourth-order valence-electron chi connectivity index (χ4n) is 5.83. The molecule has 3 aromatic carbocycles. The van der Waals surface area contributed by atoms with Crippen molar-refractivity contribution in [2.24, 2.45) is 5.92 Å². The van der Waals surface area contributed by atoms with Crippen LogP contribution in [0.1, 0.15) is 65.8 Å². The number of nitrogens with zero attached hydrogens (tertiary/aromatic N) is 2. The monoisotopic (exact) mass is 626 g/mol.